The van der Waals surface area contributed by atoms with E-state index in [1.165, 1.54) is 11.1 Å². The minimum absolute atomic E-state index is 0. The Kier molecular flexibility index (Phi) is 2.95. The fourth-order valence-electron chi connectivity index (χ4n) is 4.52. The first-order valence-corrected chi connectivity index (χ1v) is 9.05. The van der Waals surface area contributed by atoms with Crippen molar-refractivity contribution in [1.29, 1.82) is 0 Å². The second-order valence-electron chi connectivity index (χ2n) is 6.31. The minimum Gasteiger partial charge on any atom is -0.412 e. The third-order valence-corrected chi connectivity index (χ3v) is 6.11. The Morgan fingerprint density at radius 2 is 1.39 bits per heavy atom. The molecule has 2 aromatic carbocycles. The van der Waals surface area contributed by atoms with E-state index < -0.39 is 7.82 Å². The van der Waals surface area contributed by atoms with Crippen LogP contribution in [0.25, 0.3) is 0 Å². The van der Waals surface area contributed by atoms with Crippen LogP contribution >= 0.6 is 7.82 Å². The number of hydrogen-bond donors (Lipinski definition) is 1. The van der Waals surface area contributed by atoms with Crippen molar-refractivity contribution >= 4 is 7.82 Å². The number of benzene rings is 2. The second-order valence-corrected chi connectivity index (χ2v) is 7.62. The van der Waals surface area contributed by atoms with Crippen molar-refractivity contribution in [1.82, 2.24) is 0 Å². The number of aryl methyl sites for hydroxylation is 2. The summed E-state index contributed by atoms with van der Waals surface area (Å²) in [6, 6.07) is 11.5. The first-order valence-electron chi connectivity index (χ1n) is 7.56. The van der Waals surface area contributed by atoms with E-state index in [1.807, 2.05) is 12.1 Å². The molecule has 0 aromatic heterocycles. The van der Waals surface area contributed by atoms with E-state index in [1.54, 1.807) is 12.1 Å². The molecule has 2 aliphatic carbocycles. The minimum atomic E-state index is -4.16. The zero-order chi connectivity index (χ0) is 14.9. The van der Waals surface area contributed by atoms with Crippen molar-refractivity contribution in [2.75, 3.05) is 0 Å². The van der Waals surface area contributed by atoms with E-state index in [2.05, 4.69) is 12.1 Å². The molecule has 2 aromatic rings. The molecule has 0 unspecified atom stereocenters. The zero-order valence-corrected chi connectivity index (χ0v) is 13.3. The van der Waals surface area contributed by atoms with Crippen molar-refractivity contribution in [3.63, 3.8) is 0 Å². The van der Waals surface area contributed by atoms with Crippen LogP contribution in [0.2, 0.25) is 0 Å². The summed E-state index contributed by atoms with van der Waals surface area (Å²) >= 11 is 0. The lowest BCUT2D eigenvalue weighted by atomic mass is 9.76. The van der Waals surface area contributed by atoms with Gasteiger partial charge in [-0.3, -0.25) is 4.89 Å². The van der Waals surface area contributed by atoms with Gasteiger partial charge in [-0.25, -0.2) is 4.57 Å². The van der Waals surface area contributed by atoms with E-state index in [-0.39, 0.29) is 10.9 Å². The first-order chi connectivity index (χ1) is 10.6. The van der Waals surface area contributed by atoms with Crippen LogP contribution in [0.5, 0.6) is 11.5 Å². The lowest BCUT2D eigenvalue weighted by Gasteiger charge is -2.32. The van der Waals surface area contributed by atoms with Crippen molar-refractivity contribution < 1.29 is 24.0 Å². The Morgan fingerprint density at radius 3 is 1.87 bits per heavy atom. The number of phosphoric ester groups is 1. The summed E-state index contributed by atoms with van der Waals surface area (Å²) < 4.78 is 23.1. The van der Waals surface area contributed by atoms with Crippen molar-refractivity contribution in [2.24, 2.45) is 0 Å². The number of phosphoric acid groups is 1. The van der Waals surface area contributed by atoms with Gasteiger partial charge < -0.3 is 14.5 Å². The molecule has 0 bridgehead atoms. The molecule has 23 heavy (non-hydrogen) atoms. The van der Waals surface area contributed by atoms with Gasteiger partial charge in [-0.1, -0.05) is 24.3 Å². The Morgan fingerprint density at radius 1 is 0.913 bits per heavy atom. The van der Waals surface area contributed by atoms with Crippen LogP contribution in [0.4, 0.5) is 0 Å². The van der Waals surface area contributed by atoms with Gasteiger partial charge in [0.1, 0.15) is 11.5 Å². The highest BCUT2D eigenvalue weighted by Crippen LogP contribution is 2.62. The molecular formula is C17H17O5P. The summed E-state index contributed by atoms with van der Waals surface area (Å²) in [5.74, 6) is 1.01. The van der Waals surface area contributed by atoms with E-state index in [0.29, 0.717) is 11.5 Å². The third kappa shape index (κ3) is 1.84. The molecule has 0 fully saturated rings. The fraction of sp³-hybridized carbons (Fsp3) is 0.294. The van der Waals surface area contributed by atoms with Crippen LogP contribution in [0, 0.1) is 0 Å². The molecule has 120 valence electrons. The molecule has 0 atom stereocenters. The van der Waals surface area contributed by atoms with Crippen molar-refractivity contribution in [3.8, 4) is 11.5 Å². The molecule has 6 heteroatoms. The van der Waals surface area contributed by atoms with E-state index >= 15 is 0 Å². The van der Waals surface area contributed by atoms with Crippen LogP contribution in [0.1, 0.15) is 35.1 Å². The Hall–Kier alpha value is -1.81. The lowest BCUT2D eigenvalue weighted by molar-refractivity contribution is 0.280. The fourth-order valence-corrected chi connectivity index (χ4v) is 5.36. The van der Waals surface area contributed by atoms with Crippen molar-refractivity contribution in [2.45, 2.75) is 31.1 Å². The monoisotopic (exact) mass is 332 g/mol. The molecule has 1 heterocycles. The molecular weight excluding hydrogens is 315 g/mol. The van der Waals surface area contributed by atoms with Gasteiger partial charge >= 0.3 is 7.82 Å². The molecule has 0 radical (unpaired) electrons. The molecule has 0 saturated heterocycles. The topological polar surface area (TPSA) is 87.3 Å². The Labute approximate surface area is 133 Å². The molecule has 3 aliphatic rings. The highest BCUT2D eigenvalue weighted by Gasteiger charge is 2.51. The Balaban J connectivity index is 0.00000135. The third-order valence-electron chi connectivity index (χ3n) is 5.25. The molecule has 5 nitrogen and oxygen atoms in total. The van der Waals surface area contributed by atoms with Gasteiger partial charge in [0.05, 0.1) is 0 Å². The summed E-state index contributed by atoms with van der Waals surface area (Å²) in [5, 5.41) is 0. The molecule has 1 spiro atoms. The summed E-state index contributed by atoms with van der Waals surface area (Å²) in [6.45, 7) is 0. The zero-order valence-electron chi connectivity index (χ0n) is 12.4. The van der Waals surface area contributed by atoms with Crippen LogP contribution in [0.15, 0.2) is 36.4 Å². The van der Waals surface area contributed by atoms with Crippen molar-refractivity contribution in [3.05, 3.63) is 58.7 Å². The van der Waals surface area contributed by atoms with E-state index in [9.17, 15) is 9.46 Å². The summed E-state index contributed by atoms with van der Waals surface area (Å²) in [7, 11) is -4.16. The average Bonchev–Trinajstić information content (AvgIpc) is 3.02. The number of rotatable bonds is 0. The van der Waals surface area contributed by atoms with Crippen LogP contribution < -0.4 is 9.05 Å². The van der Waals surface area contributed by atoms with E-state index in [4.69, 9.17) is 9.05 Å². The van der Waals surface area contributed by atoms with Crippen LogP contribution in [-0.2, 0) is 22.8 Å². The second kappa shape index (κ2) is 4.60. The maximum atomic E-state index is 12.3. The van der Waals surface area contributed by atoms with Gasteiger partial charge in [0.15, 0.2) is 0 Å². The maximum absolute atomic E-state index is 12.3. The smallest absolute Gasteiger partial charge is 0.412 e. The van der Waals surface area contributed by atoms with Gasteiger partial charge in [0.25, 0.3) is 0 Å². The normalized spacial score (nSPS) is 20.9. The van der Waals surface area contributed by atoms with Crippen LogP contribution in [0.3, 0.4) is 0 Å². The highest BCUT2D eigenvalue weighted by molar-refractivity contribution is 7.48. The largest absolute Gasteiger partial charge is 0.584 e. The van der Waals surface area contributed by atoms with Gasteiger partial charge in [-0.05, 0) is 48.9 Å². The summed E-state index contributed by atoms with van der Waals surface area (Å²) in [4.78, 5) is 10.1. The highest BCUT2D eigenvalue weighted by atomic mass is 31.2. The molecule has 3 N–H and O–H groups in total. The lowest BCUT2D eigenvalue weighted by Crippen LogP contribution is -2.24. The van der Waals surface area contributed by atoms with Crippen LogP contribution in [-0.4, -0.2) is 10.4 Å². The average molecular weight is 332 g/mol. The predicted molar refractivity (Wildman–Crippen MR) is 85.0 cm³/mol. The van der Waals surface area contributed by atoms with Gasteiger partial charge in [-0.2, -0.15) is 0 Å². The molecule has 0 amide bonds. The SMILES string of the molecule is O.O=P1(O)Oc2cccc3c2C2(CC3)CCc3cccc(c32)O1. The predicted octanol–water partition coefficient (Wildman–Crippen LogP) is 2.91. The maximum Gasteiger partial charge on any atom is 0.584 e. The molecule has 0 saturated carbocycles. The van der Waals surface area contributed by atoms with E-state index in [0.717, 1.165) is 36.8 Å². The standard InChI is InChI=1S/C17H15O4P.H2O/c18-22(19)20-13-5-1-3-11-7-9-17(15(11)13)10-8-12-4-2-6-14(21-22)16(12)17;/h1-6H,7-10H2,(H,18,19);1H2. The van der Waals surface area contributed by atoms with Gasteiger partial charge in [0.2, 0.25) is 0 Å². The molecule has 5 rings (SSSR count). The summed E-state index contributed by atoms with van der Waals surface area (Å²) in [6.07, 6.45) is 3.95. The molecule has 1 aliphatic heterocycles. The first kappa shape index (κ1) is 14.8. The van der Waals surface area contributed by atoms with Gasteiger partial charge in [-0.15, -0.1) is 0 Å². The van der Waals surface area contributed by atoms with Gasteiger partial charge in [0, 0.05) is 16.5 Å². The summed E-state index contributed by atoms with van der Waals surface area (Å²) in [5.41, 5.74) is 4.51. The number of hydrogen-bond acceptors (Lipinski definition) is 3. The quantitative estimate of drug-likeness (QED) is 0.752. The Bertz CT molecular complexity index is 793.